The smallest absolute Gasteiger partial charge is 0.273 e. The Bertz CT molecular complexity index is 561. The van der Waals surface area contributed by atoms with Crippen molar-refractivity contribution in [3.63, 3.8) is 0 Å². The summed E-state index contributed by atoms with van der Waals surface area (Å²) in [5.41, 5.74) is 1.97. The topological polar surface area (TPSA) is 37.6 Å². The van der Waals surface area contributed by atoms with Crippen molar-refractivity contribution in [2.24, 2.45) is 0 Å². The van der Waals surface area contributed by atoms with E-state index in [4.69, 9.17) is 11.6 Å². The molecule has 4 nitrogen and oxygen atoms in total. The van der Waals surface area contributed by atoms with Gasteiger partial charge in [0.1, 0.15) is 5.69 Å². The number of nitrogens with zero attached hydrogens (tertiary/aromatic N) is 3. The number of carbonyl (C=O) groups excluding carboxylic acids is 1. The standard InChI is InChI=1S/C11H12ClN3O.C2H6/c1-7-4-5-15-6-8(11(16)14(2)3)13-10(15)9(7)12;1-2/h4-6H,1-3H3;1-2H3. The van der Waals surface area contributed by atoms with E-state index in [1.54, 1.807) is 24.7 Å². The summed E-state index contributed by atoms with van der Waals surface area (Å²) in [6, 6.07) is 1.89. The van der Waals surface area contributed by atoms with E-state index in [0.717, 1.165) is 5.56 Å². The SMILES string of the molecule is CC.Cc1ccn2cc(C(=O)N(C)C)nc2c1Cl. The highest BCUT2D eigenvalue weighted by Gasteiger charge is 2.14. The zero-order valence-electron chi connectivity index (χ0n) is 11.4. The number of aryl methyl sites for hydroxylation is 1. The molecule has 0 N–H and O–H groups in total. The molecule has 0 fully saturated rings. The number of pyridine rings is 1. The lowest BCUT2D eigenvalue weighted by atomic mass is 10.3. The minimum absolute atomic E-state index is 0.127. The van der Waals surface area contributed by atoms with Gasteiger partial charge in [-0.05, 0) is 18.6 Å². The maximum atomic E-state index is 11.7. The van der Waals surface area contributed by atoms with Crippen LogP contribution in [0.1, 0.15) is 29.9 Å². The third-order valence-electron chi connectivity index (χ3n) is 2.39. The molecule has 0 aliphatic heterocycles. The van der Waals surface area contributed by atoms with Crippen LogP contribution < -0.4 is 0 Å². The van der Waals surface area contributed by atoms with Crippen LogP contribution in [0.15, 0.2) is 18.5 Å². The van der Waals surface area contributed by atoms with Crippen molar-refractivity contribution in [2.45, 2.75) is 20.8 Å². The van der Waals surface area contributed by atoms with Crippen LogP contribution in [0.5, 0.6) is 0 Å². The van der Waals surface area contributed by atoms with E-state index < -0.39 is 0 Å². The summed E-state index contributed by atoms with van der Waals surface area (Å²) in [6.07, 6.45) is 3.53. The van der Waals surface area contributed by atoms with E-state index in [0.29, 0.717) is 16.4 Å². The van der Waals surface area contributed by atoms with Crippen molar-refractivity contribution in [2.75, 3.05) is 14.1 Å². The van der Waals surface area contributed by atoms with Crippen molar-refractivity contribution in [3.8, 4) is 0 Å². The summed E-state index contributed by atoms with van der Waals surface area (Å²) >= 11 is 6.12. The van der Waals surface area contributed by atoms with Crippen molar-refractivity contribution < 1.29 is 4.79 Å². The van der Waals surface area contributed by atoms with Gasteiger partial charge in [0.2, 0.25) is 0 Å². The first-order valence-corrected chi connectivity index (χ1v) is 6.24. The van der Waals surface area contributed by atoms with Crippen LogP contribution in [0.3, 0.4) is 0 Å². The number of imidazole rings is 1. The largest absolute Gasteiger partial charge is 0.343 e. The average molecular weight is 268 g/mol. The fraction of sp³-hybridized carbons (Fsp3) is 0.385. The summed E-state index contributed by atoms with van der Waals surface area (Å²) in [6.45, 7) is 5.91. The molecule has 0 saturated carbocycles. The van der Waals surface area contributed by atoms with Crippen molar-refractivity contribution >= 4 is 23.2 Å². The summed E-state index contributed by atoms with van der Waals surface area (Å²) < 4.78 is 1.76. The second kappa shape index (κ2) is 5.87. The number of fused-ring (bicyclic) bond motifs is 1. The summed E-state index contributed by atoms with van der Waals surface area (Å²) in [7, 11) is 3.39. The lowest BCUT2D eigenvalue weighted by Crippen LogP contribution is -2.21. The Morgan fingerprint density at radius 1 is 1.39 bits per heavy atom. The van der Waals surface area contributed by atoms with Gasteiger partial charge in [0.25, 0.3) is 5.91 Å². The minimum Gasteiger partial charge on any atom is -0.343 e. The van der Waals surface area contributed by atoms with Crippen LogP contribution >= 0.6 is 11.6 Å². The molecule has 18 heavy (non-hydrogen) atoms. The first kappa shape index (κ1) is 14.5. The molecule has 0 bridgehead atoms. The predicted molar refractivity (Wildman–Crippen MR) is 74.3 cm³/mol. The van der Waals surface area contributed by atoms with Gasteiger partial charge < -0.3 is 9.30 Å². The van der Waals surface area contributed by atoms with Gasteiger partial charge in [-0.15, -0.1) is 0 Å². The Morgan fingerprint density at radius 2 is 2.00 bits per heavy atom. The molecule has 0 aliphatic carbocycles. The first-order chi connectivity index (χ1) is 8.50. The van der Waals surface area contributed by atoms with E-state index in [1.807, 2.05) is 33.0 Å². The van der Waals surface area contributed by atoms with Crippen molar-refractivity contribution in [1.29, 1.82) is 0 Å². The number of hydrogen-bond donors (Lipinski definition) is 0. The van der Waals surface area contributed by atoms with Gasteiger partial charge >= 0.3 is 0 Å². The molecule has 5 heteroatoms. The average Bonchev–Trinajstić information content (AvgIpc) is 2.80. The quantitative estimate of drug-likeness (QED) is 0.796. The van der Waals surface area contributed by atoms with Crippen LogP contribution in [-0.2, 0) is 0 Å². The van der Waals surface area contributed by atoms with E-state index in [-0.39, 0.29) is 5.91 Å². The highest BCUT2D eigenvalue weighted by Crippen LogP contribution is 2.21. The first-order valence-electron chi connectivity index (χ1n) is 5.86. The van der Waals surface area contributed by atoms with Crippen molar-refractivity contribution in [1.82, 2.24) is 14.3 Å². The molecule has 0 atom stereocenters. The fourth-order valence-corrected chi connectivity index (χ4v) is 1.65. The van der Waals surface area contributed by atoms with Crippen molar-refractivity contribution in [3.05, 3.63) is 34.7 Å². The third-order valence-corrected chi connectivity index (χ3v) is 2.85. The van der Waals surface area contributed by atoms with Gasteiger partial charge in [0, 0.05) is 26.5 Å². The number of carbonyl (C=O) groups is 1. The number of hydrogen-bond acceptors (Lipinski definition) is 2. The van der Waals surface area contributed by atoms with E-state index in [2.05, 4.69) is 4.98 Å². The normalized spacial score (nSPS) is 9.89. The lowest BCUT2D eigenvalue weighted by molar-refractivity contribution is 0.0822. The second-order valence-corrected chi connectivity index (χ2v) is 4.25. The minimum atomic E-state index is -0.127. The molecule has 0 unspecified atom stereocenters. The third kappa shape index (κ3) is 2.64. The zero-order chi connectivity index (χ0) is 13.9. The van der Waals surface area contributed by atoms with Crippen LogP contribution in [-0.4, -0.2) is 34.3 Å². The fourth-order valence-electron chi connectivity index (χ4n) is 1.44. The lowest BCUT2D eigenvalue weighted by Gasteiger charge is -2.06. The zero-order valence-corrected chi connectivity index (χ0v) is 12.1. The molecule has 0 radical (unpaired) electrons. The number of aromatic nitrogens is 2. The molecule has 2 aromatic rings. The molecule has 2 aromatic heterocycles. The Kier molecular flexibility index (Phi) is 4.73. The highest BCUT2D eigenvalue weighted by molar-refractivity contribution is 6.34. The van der Waals surface area contributed by atoms with Gasteiger partial charge in [-0.25, -0.2) is 4.98 Å². The highest BCUT2D eigenvalue weighted by atomic mass is 35.5. The Labute approximate surface area is 112 Å². The van der Waals surface area contributed by atoms with Crippen LogP contribution in [0.25, 0.3) is 5.65 Å². The van der Waals surface area contributed by atoms with E-state index >= 15 is 0 Å². The van der Waals surface area contributed by atoms with Gasteiger partial charge in [-0.2, -0.15) is 0 Å². The van der Waals surface area contributed by atoms with Gasteiger partial charge in [0.05, 0.1) is 5.02 Å². The van der Waals surface area contributed by atoms with Gasteiger partial charge in [-0.1, -0.05) is 25.4 Å². The number of amides is 1. The van der Waals surface area contributed by atoms with E-state index in [9.17, 15) is 4.79 Å². The number of rotatable bonds is 1. The second-order valence-electron chi connectivity index (χ2n) is 3.87. The predicted octanol–water partition coefficient (Wildman–Crippen LogP) is 3.02. The maximum Gasteiger partial charge on any atom is 0.273 e. The van der Waals surface area contributed by atoms with E-state index in [1.165, 1.54) is 4.90 Å². The maximum absolute atomic E-state index is 11.7. The molecule has 0 aromatic carbocycles. The molecule has 0 saturated heterocycles. The summed E-state index contributed by atoms with van der Waals surface area (Å²) in [5, 5.41) is 0.584. The van der Waals surface area contributed by atoms with Gasteiger partial charge in [-0.3, -0.25) is 4.79 Å². The summed E-state index contributed by atoms with van der Waals surface area (Å²) in [5.74, 6) is -0.127. The number of halogens is 1. The molecular weight excluding hydrogens is 250 g/mol. The Balaban J connectivity index is 0.000000771. The monoisotopic (exact) mass is 267 g/mol. The Morgan fingerprint density at radius 3 is 2.56 bits per heavy atom. The van der Waals surface area contributed by atoms with Crippen LogP contribution in [0, 0.1) is 6.92 Å². The molecule has 0 aliphatic rings. The Hall–Kier alpha value is -1.55. The molecule has 2 heterocycles. The van der Waals surface area contributed by atoms with Gasteiger partial charge in [0.15, 0.2) is 5.65 Å². The molecule has 0 spiro atoms. The molecule has 2 rings (SSSR count). The molecule has 1 amide bonds. The molecular formula is C13H18ClN3O. The molecule has 98 valence electrons. The van der Waals surface area contributed by atoms with Crippen LogP contribution in [0.4, 0.5) is 0 Å². The summed E-state index contributed by atoms with van der Waals surface area (Å²) in [4.78, 5) is 17.4. The van der Waals surface area contributed by atoms with Crippen LogP contribution in [0.2, 0.25) is 5.02 Å².